The minimum absolute atomic E-state index is 0.347. The lowest BCUT2D eigenvalue weighted by Gasteiger charge is -2.06. The van der Waals surface area contributed by atoms with Crippen molar-refractivity contribution in [3.05, 3.63) is 42.5 Å². The van der Waals surface area contributed by atoms with Crippen LogP contribution >= 0.6 is 0 Å². The molecule has 19 heavy (non-hydrogen) atoms. The maximum atomic E-state index is 10.2. The first-order chi connectivity index (χ1) is 8.99. The Morgan fingerprint density at radius 3 is 2.16 bits per heavy atom. The van der Waals surface area contributed by atoms with Crippen LogP contribution in [0.3, 0.4) is 0 Å². The molecular formula is C15H20O4. The van der Waals surface area contributed by atoms with E-state index in [1.807, 2.05) is 18.2 Å². The van der Waals surface area contributed by atoms with Crippen LogP contribution in [-0.2, 0) is 9.53 Å². The molecule has 1 rings (SSSR count). The number of benzene rings is 1. The zero-order valence-electron chi connectivity index (χ0n) is 11.9. The van der Waals surface area contributed by atoms with Crippen molar-refractivity contribution >= 4 is 12.0 Å². The van der Waals surface area contributed by atoms with Crippen molar-refractivity contribution < 1.29 is 19.0 Å². The van der Waals surface area contributed by atoms with Crippen LogP contribution in [0.25, 0.3) is 6.08 Å². The van der Waals surface area contributed by atoms with E-state index < -0.39 is 0 Å². The number of hydrogen-bond donors (Lipinski definition) is 0. The predicted molar refractivity (Wildman–Crippen MR) is 76.5 cm³/mol. The highest BCUT2D eigenvalue weighted by atomic mass is 16.5. The molecule has 0 fully saturated rings. The maximum Gasteiger partial charge on any atom is 0.332 e. The lowest BCUT2D eigenvalue weighted by atomic mass is 10.2. The molecule has 0 N–H and O–H groups in total. The molecule has 104 valence electrons. The van der Waals surface area contributed by atoms with Gasteiger partial charge in [-0.15, -0.1) is 0 Å². The molecule has 0 saturated heterocycles. The first-order valence-corrected chi connectivity index (χ1v) is 5.58. The van der Waals surface area contributed by atoms with Crippen molar-refractivity contribution in [3.8, 4) is 11.5 Å². The van der Waals surface area contributed by atoms with E-state index in [2.05, 4.69) is 17.9 Å². The Balaban J connectivity index is 0.000000399. The van der Waals surface area contributed by atoms with E-state index in [-0.39, 0.29) is 5.97 Å². The van der Waals surface area contributed by atoms with Gasteiger partial charge < -0.3 is 14.2 Å². The fourth-order valence-corrected chi connectivity index (χ4v) is 1.17. The van der Waals surface area contributed by atoms with Gasteiger partial charge in [-0.3, -0.25) is 0 Å². The molecule has 4 nitrogen and oxygen atoms in total. The minimum Gasteiger partial charge on any atom is -0.497 e. The summed E-state index contributed by atoms with van der Waals surface area (Å²) in [6, 6.07) is 5.59. The molecule has 0 bridgehead atoms. The number of rotatable bonds is 4. The van der Waals surface area contributed by atoms with E-state index >= 15 is 0 Å². The summed E-state index contributed by atoms with van der Waals surface area (Å²) in [4.78, 5) is 10.2. The summed E-state index contributed by atoms with van der Waals surface area (Å²) in [5.41, 5.74) is 1.37. The smallest absolute Gasteiger partial charge is 0.332 e. The second-order valence-electron chi connectivity index (χ2n) is 3.58. The van der Waals surface area contributed by atoms with Crippen LogP contribution in [0, 0.1) is 0 Å². The van der Waals surface area contributed by atoms with E-state index in [4.69, 9.17) is 9.47 Å². The minimum atomic E-state index is -0.347. The van der Waals surface area contributed by atoms with Gasteiger partial charge in [-0.2, -0.15) is 0 Å². The Labute approximate surface area is 114 Å². The van der Waals surface area contributed by atoms with E-state index in [0.29, 0.717) is 5.57 Å². The SMILES string of the molecule is C=C(C)C(=O)OC.C=Cc1cc(OC)ccc1OC. The Kier molecular flexibility index (Phi) is 7.77. The van der Waals surface area contributed by atoms with Gasteiger partial charge in [-0.25, -0.2) is 4.79 Å². The summed E-state index contributed by atoms with van der Waals surface area (Å²) >= 11 is 0. The molecule has 0 aliphatic heterocycles. The maximum absolute atomic E-state index is 10.2. The molecule has 1 aromatic carbocycles. The van der Waals surface area contributed by atoms with Gasteiger partial charge in [0.05, 0.1) is 21.3 Å². The summed E-state index contributed by atoms with van der Waals surface area (Å²) in [6.07, 6.45) is 1.74. The second kappa shape index (κ2) is 8.80. The molecule has 0 heterocycles. The molecule has 0 aliphatic rings. The fraction of sp³-hybridized carbons (Fsp3) is 0.267. The van der Waals surface area contributed by atoms with Crippen molar-refractivity contribution in [3.63, 3.8) is 0 Å². The molecule has 0 radical (unpaired) electrons. The monoisotopic (exact) mass is 264 g/mol. The highest BCUT2D eigenvalue weighted by Crippen LogP contribution is 2.24. The summed E-state index contributed by atoms with van der Waals surface area (Å²) in [7, 11) is 4.60. The molecule has 4 heteroatoms. The number of carbonyl (C=O) groups is 1. The van der Waals surface area contributed by atoms with Crippen molar-refractivity contribution in [2.45, 2.75) is 6.92 Å². The fourth-order valence-electron chi connectivity index (χ4n) is 1.17. The van der Waals surface area contributed by atoms with Crippen molar-refractivity contribution in [1.82, 2.24) is 0 Å². The Hall–Kier alpha value is -2.23. The van der Waals surface area contributed by atoms with Crippen molar-refractivity contribution in [2.75, 3.05) is 21.3 Å². The molecule has 0 saturated carbocycles. The van der Waals surface area contributed by atoms with Gasteiger partial charge in [0.2, 0.25) is 0 Å². The van der Waals surface area contributed by atoms with E-state index in [0.717, 1.165) is 17.1 Å². The predicted octanol–water partition coefficient (Wildman–Crippen LogP) is 3.08. The van der Waals surface area contributed by atoms with Crippen LogP contribution < -0.4 is 9.47 Å². The molecule has 1 aromatic rings. The molecule has 0 amide bonds. The molecule has 0 spiro atoms. The first-order valence-electron chi connectivity index (χ1n) is 5.58. The molecule has 0 aliphatic carbocycles. The van der Waals surface area contributed by atoms with Gasteiger partial charge in [0.25, 0.3) is 0 Å². The van der Waals surface area contributed by atoms with Crippen LogP contribution in [0.1, 0.15) is 12.5 Å². The number of hydrogen-bond acceptors (Lipinski definition) is 4. The number of methoxy groups -OCH3 is 3. The summed E-state index contributed by atoms with van der Waals surface area (Å²) < 4.78 is 14.4. The van der Waals surface area contributed by atoms with Crippen molar-refractivity contribution in [1.29, 1.82) is 0 Å². The number of esters is 1. The van der Waals surface area contributed by atoms with Crippen LogP contribution in [0.5, 0.6) is 11.5 Å². The quantitative estimate of drug-likeness (QED) is 0.619. The third-order valence-electron chi connectivity index (χ3n) is 2.19. The highest BCUT2D eigenvalue weighted by Gasteiger charge is 1.99. The van der Waals surface area contributed by atoms with Crippen molar-refractivity contribution in [2.24, 2.45) is 0 Å². The summed E-state index contributed by atoms with van der Waals surface area (Å²) in [5.74, 6) is 1.27. The Morgan fingerprint density at radius 1 is 1.21 bits per heavy atom. The Morgan fingerprint density at radius 2 is 1.84 bits per heavy atom. The molecule has 0 unspecified atom stereocenters. The largest absolute Gasteiger partial charge is 0.497 e. The summed E-state index contributed by atoms with van der Waals surface area (Å²) in [6.45, 7) is 8.63. The molecule has 0 aromatic heterocycles. The zero-order chi connectivity index (χ0) is 14.8. The Bertz CT molecular complexity index is 449. The van der Waals surface area contributed by atoms with Crippen LogP contribution in [0.4, 0.5) is 0 Å². The lowest BCUT2D eigenvalue weighted by molar-refractivity contribution is -0.136. The van der Waals surface area contributed by atoms with Crippen LogP contribution in [0.15, 0.2) is 36.9 Å². The van der Waals surface area contributed by atoms with Gasteiger partial charge in [0.1, 0.15) is 11.5 Å². The van der Waals surface area contributed by atoms with Gasteiger partial charge in [0, 0.05) is 11.1 Å². The number of ether oxygens (including phenoxy) is 3. The lowest BCUT2D eigenvalue weighted by Crippen LogP contribution is -1.98. The zero-order valence-corrected chi connectivity index (χ0v) is 11.9. The van der Waals surface area contributed by atoms with E-state index in [1.165, 1.54) is 7.11 Å². The van der Waals surface area contributed by atoms with Gasteiger partial charge >= 0.3 is 5.97 Å². The van der Waals surface area contributed by atoms with Gasteiger partial charge in [-0.1, -0.05) is 19.2 Å². The molecular weight excluding hydrogens is 244 g/mol. The molecule has 0 atom stereocenters. The average molecular weight is 264 g/mol. The third kappa shape index (κ3) is 5.77. The summed E-state index contributed by atoms with van der Waals surface area (Å²) in [5, 5.41) is 0. The second-order valence-corrected chi connectivity index (χ2v) is 3.58. The van der Waals surface area contributed by atoms with Gasteiger partial charge in [0.15, 0.2) is 0 Å². The van der Waals surface area contributed by atoms with E-state index in [1.54, 1.807) is 27.2 Å². The van der Waals surface area contributed by atoms with E-state index in [9.17, 15) is 4.79 Å². The standard InChI is InChI=1S/C10H12O2.C5H8O2/c1-4-8-7-9(11-2)5-6-10(8)12-3;1-4(2)5(6)7-3/h4-7H,1H2,2-3H3;1H2,2-3H3. The van der Waals surface area contributed by atoms with Crippen LogP contribution in [0.2, 0.25) is 0 Å². The average Bonchev–Trinajstić information content (AvgIpc) is 2.45. The third-order valence-corrected chi connectivity index (χ3v) is 2.19. The first kappa shape index (κ1) is 16.8. The van der Waals surface area contributed by atoms with Crippen LogP contribution in [-0.4, -0.2) is 27.3 Å². The normalized spacial score (nSPS) is 8.63. The topological polar surface area (TPSA) is 44.8 Å². The highest BCUT2D eigenvalue weighted by molar-refractivity contribution is 5.86. The van der Waals surface area contributed by atoms with Gasteiger partial charge in [-0.05, 0) is 25.1 Å². The number of carbonyl (C=O) groups excluding carboxylic acids is 1.